The molecule has 0 unspecified atom stereocenters. The molecule has 0 amide bonds. The van der Waals surface area contributed by atoms with Gasteiger partial charge in [-0.25, -0.2) is 0 Å². The van der Waals surface area contributed by atoms with E-state index in [2.05, 4.69) is 44.6 Å². The van der Waals surface area contributed by atoms with E-state index >= 15 is 0 Å². The molecule has 2 aliphatic rings. The summed E-state index contributed by atoms with van der Waals surface area (Å²) < 4.78 is 0. The average molecular weight is 287 g/mol. The van der Waals surface area contributed by atoms with Crippen molar-refractivity contribution in [2.24, 2.45) is 0 Å². The maximum Gasteiger partial charge on any atom is 0 e. The topological polar surface area (TPSA) is 0 Å². The van der Waals surface area contributed by atoms with E-state index in [1.165, 1.54) is 22.3 Å². The molecule has 2 rings (SSSR count). The molecule has 0 aromatic carbocycles. The van der Waals surface area contributed by atoms with Crippen LogP contribution >= 0.6 is 12.4 Å². The van der Waals surface area contributed by atoms with Crippen LogP contribution < -0.4 is 0 Å². The zero-order chi connectivity index (χ0) is 10.7. The molecule has 0 aliphatic heterocycles. The molecule has 2 heteroatoms. The Hall–Kier alpha value is -0.296. The van der Waals surface area contributed by atoms with Crippen molar-refractivity contribution < 1.29 is 18.6 Å². The third kappa shape index (κ3) is 3.84. The summed E-state index contributed by atoms with van der Waals surface area (Å²) in [5.41, 5.74) is 6.10. The number of rotatable bonds is 4. The Morgan fingerprint density at radius 3 is 1.71 bits per heavy atom. The molecule has 0 N–H and O–H groups in total. The van der Waals surface area contributed by atoms with Crippen molar-refractivity contribution in [1.29, 1.82) is 0 Å². The Kier molecular flexibility index (Phi) is 7.78. The molecule has 0 atom stereocenters. The predicted octanol–water partition coefficient (Wildman–Crippen LogP) is 4.94. The summed E-state index contributed by atoms with van der Waals surface area (Å²) >= 11 is 0. The summed E-state index contributed by atoms with van der Waals surface area (Å²) in [6.07, 6.45) is 16.1. The summed E-state index contributed by atoms with van der Waals surface area (Å²) in [4.78, 5) is 0. The van der Waals surface area contributed by atoms with Crippen molar-refractivity contribution in [3.05, 3.63) is 53.0 Å². The van der Waals surface area contributed by atoms with Crippen LogP contribution in [0.25, 0.3) is 0 Å². The molecule has 1 radical (unpaired) electrons. The maximum absolute atomic E-state index is 2.41. The summed E-state index contributed by atoms with van der Waals surface area (Å²) in [6.45, 7) is 4.47. The number of halogens is 1. The van der Waals surface area contributed by atoms with Gasteiger partial charge in [-0.2, -0.15) is 6.42 Å². The van der Waals surface area contributed by atoms with E-state index in [1.54, 1.807) is 0 Å². The largest absolute Gasteiger partial charge is 0.163 e. The van der Waals surface area contributed by atoms with E-state index < -0.39 is 0 Å². The fourth-order valence-electron chi connectivity index (χ4n) is 2.34. The first-order valence-electron chi connectivity index (χ1n) is 5.97. The standard InChI is InChI=1S/C15H19.ClH.V/c1-3-12-7-5-9-14(12)11-15-10-6-8-13(15)4-2;;/h5-8,11H,3-4,9-10H2,1-2H3;1H;/q-1;;. The smallest absolute Gasteiger partial charge is 0 e. The normalized spacial score (nSPS) is 17.3. The summed E-state index contributed by atoms with van der Waals surface area (Å²) in [5, 5.41) is 0. The van der Waals surface area contributed by atoms with Crippen LogP contribution in [0.3, 0.4) is 0 Å². The first kappa shape index (κ1) is 16.7. The van der Waals surface area contributed by atoms with Gasteiger partial charge in [-0.05, 0) is 12.8 Å². The Labute approximate surface area is 123 Å². The molecule has 0 heterocycles. The van der Waals surface area contributed by atoms with Crippen molar-refractivity contribution in [3.63, 3.8) is 0 Å². The fraction of sp³-hybridized carbons (Fsp3) is 0.400. The molecular formula is C15H20ClV-. The minimum absolute atomic E-state index is 0. The fourth-order valence-corrected chi connectivity index (χ4v) is 2.34. The van der Waals surface area contributed by atoms with Crippen molar-refractivity contribution >= 4 is 12.4 Å². The molecular weight excluding hydrogens is 267 g/mol. The van der Waals surface area contributed by atoms with Crippen LogP contribution in [0, 0.1) is 6.42 Å². The molecule has 0 saturated carbocycles. The minimum Gasteiger partial charge on any atom is -0.163 e. The van der Waals surface area contributed by atoms with Crippen LogP contribution in [0.5, 0.6) is 0 Å². The second kappa shape index (κ2) is 7.92. The molecule has 0 bridgehead atoms. The minimum atomic E-state index is 0. The Bertz CT molecular complexity index is 336. The second-order valence-electron chi connectivity index (χ2n) is 4.17. The Morgan fingerprint density at radius 1 is 0.941 bits per heavy atom. The van der Waals surface area contributed by atoms with Crippen LogP contribution in [0.1, 0.15) is 39.5 Å². The monoisotopic (exact) mass is 286 g/mol. The van der Waals surface area contributed by atoms with Gasteiger partial charge in [-0.1, -0.05) is 38.8 Å². The SMILES string of the molecule is CCC1=C([CH-]C2=C(CC)C=CC2)CC=C1.Cl.[V]. The van der Waals surface area contributed by atoms with Crippen LogP contribution in [0.15, 0.2) is 46.6 Å². The van der Waals surface area contributed by atoms with E-state index in [0.717, 1.165) is 25.7 Å². The molecule has 17 heavy (non-hydrogen) atoms. The third-order valence-corrected chi connectivity index (χ3v) is 3.25. The maximum atomic E-state index is 2.41. The van der Waals surface area contributed by atoms with E-state index in [1.807, 2.05) is 0 Å². The van der Waals surface area contributed by atoms with Gasteiger partial charge in [0, 0.05) is 18.6 Å². The van der Waals surface area contributed by atoms with Crippen molar-refractivity contribution in [1.82, 2.24) is 0 Å². The van der Waals surface area contributed by atoms with Crippen molar-refractivity contribution in [2.75, 3.05) is 0 Å². The van der Waals surface area contributed by atoms with Crippen LogP contribution in [0.2, 0.25) is 0 Å². The van der Waals surface area contributed by atoms with Crippen LogP contribution in [0.4, 0.5) is 0 Å². The van der Waals surface area contributed by atoms with Crippen LogP contribution in [-0.4, -0.2) is 0 Å². The zero-order valence-electron chi connectivity index (χ0n) is 10.6. The van der Waals surface area contributed by atoms with E-state index in [4.69, 9.17) is 0 Å². The van der Waals surface area contributed by atoms with Gasteiger partial charge in [-0.15, -0.1) is 46.9 Å². The Balaban J connectivity index is 0.00000128. The van der Waals surface area contributed by atoms with Gasteiger partial charge < -0.3 is 0 Å². The van der Waals surface area contributed by atoms with E-state index in [0.29, 0.717) is 0 Å². The summed E-state index contributed by atoms with van der Waals surface area (Å²) in [5.74, 6) is 0. The summed E-state index contributed by atoms with van der Waals surface area (Å²) in [7, 11) is 0. The van der Waals surface area contributed by atoms with E-state index in [-0.39, 0.29) is 31.0 Å². The third-order valence-electron chi connectivity index (χ3n) is 3.25. The van der Waals surface area contributed by atoms with Gasteiger partial charge in [-0.3, -0.25) is 0 Å². The van der Waals surface area contributed by atoms with Gasteiger partial charge >= 0.3 is 0 Å². The molecule has 0 spiro atoms. The quantitative estimate of drug-likeness (QED) is 0.642. The first-order chi connectivity index (χ1) is 7.35. The van der Waals surface area contributed by atoms with Gasteiger partial charge in [0.25, 0.3) is 0 Å². The van der Waals surface area contributed by atoms with Gasteiger partial charge in [0.15, 0.2) is 0 Å². The zero-order valence-corrected chi connectivity index (χ0v) is 12.8. The van der Waals surface area contributed by atoms with E-state index in [9.17, 15) is 0 Å². The average Bonchev–Trinajstić information content (AvgIpc) is 2.87. The first-order valence-corrected chi connectivity index (χ1v) is 5.97. The molecule has 0 fully saturated rings. The van der Waals surface area contributed by atoms with Crippen LogP contribution in [-0.2, 0) is 18.6 Å². The number of hydrogen-bond acceptors (Lipinski definition) is 0. The van der Waals surface area contributed by atoms with Crippen molar-refractivity contribution in [3.8, 4) is 0 Å². The molecule has 0 aromatic heterocycles. The predicted molar refractivity (Wildman–Crippen MR) is 73.7 cm³/mol. The molecule has 93 valence electrons. The van der Waals surface area contributed by atoms with Gasteiger partial charge in [0.05, 0.1) is 0 Å². The van der Waals surface area contributed by atoms with Gasteiger partial charge in [0.2, 0.25) is 0 Å². The molecule has 2 aliphatic carbocycles. The molecule has 0 aromatic rings. The molecule has 0 nitrogen and oxygen atoms in total. The Morgan fingerprint density at radius 2 is 1.35 bits per heavy atom. The second-order valence-corrected chi connectivity index (χ2v) is 4.17. The molecule has 0 saturated heterocycles. The summed E-state index contributed by atoms with van der Waals surface area (Å²) in [6, 6.07) is 0. The number of allylic oxidation sites excluding steroid dienone is 8. The van der Waals surface area contributed by atoms with Crippen molar-refractivity contribution in [2.45, 2.75) is 39.5 Å². The van der Waals surface area contributed by atoms with Gasteiger partial charge in [0.1, 0.15) is 0 Å². The number of hydrogen-bond donors (Lipinski definition) is 0.